The zero-order valence-electron chi connectivity index (χ0n) is 15.5. The van der Waals surface area contributed by atoms with E-state index in [1.54, 1.807) is 10.8 Å². The fourth-order valence-electron chi connectivity index (χ4n) is 1.75. The SMILES string of the molecule is CNCCOCCOCCOCCNC(=O)CCC(C)(C)SSC. The first-order valence-electron chi connectivity index (χ1n) is 8.38. The highest BCUT2D eigenvalue weighted by atomic mass is 33.1. The molecule has 144 valence electrons. The minimum absolute atomic E-state index is 0.0864. The van der Waals surface area contributed by atoms with Crippen molar-refractivity contribution in [3.8, 4) is 0 Å². The Morgan fingerprint density at radius 1 is 0.958 bits per heavy atom. The molecule has 24 heavy (non-hydrogen) atoms. The van der Waals surface area contributed by atoms with Gasteiger partial charge >= 0.3 is 0 Å². The van der Waals surface area contributed by atoms with Gasteiger partial charge in [0.25, 0.3) is 0 Å². The van der Waals surface area contributed by atoms with Gasteiger partial charge in [0.2, 0.25) is 5.91 Å². The highest BCUT2D eigenvalue weighted by Gasteiger charge is 2.19. The molecular formula is C16H34N2O4S2. The summed E-state index contributed by atoms with van der Waals surface area (Å²) >= 11 is 0. The van der Waals surface area contributed by atoms with E-state index in [9.17, 15) is 4.79 Å². The molecule has 0 radical (unpaired) electrons. The number of rotatable bonds is 17. The maximum absolute atomic E-state index is 11.8. The zero-order chi connectivity index (χ0) is 18.1. The van der Waals surface area contributed by atoms with Crippen molar-refractivity contribution in [2.75, 3.05) is 66.0 Å². The van der Waals surface area contributed by atoms with Crippen LogP contribution in [-0.4, -0.2) is 76.7 Å². The molecule has 0 aliphatic rings. The van der Waals surface area contributed by atoms with Gasteiger partial charge in [-0.15, -0.1) is 0 Å². The fraction of sp³-hybridized carbons (Fsp3) is 0.938. The van der Waals surface area contributed by atoms with E-state index in [0.29, 0.717) is 52.6 Å². The fourth-order valence-corrected chi connectivity index (χ4v) is 3.99. The molecule has 0 aromatic rings. The number of hydrogen-bond acceptors (Lipinski definition) is 7. The Balaban J connectivity index is 3.30. The van der Waals surface area contributed by atoms with Crippen LogP contribution in [0.4, 0.5) is 0 Å². The molecule has 0 aliphatic heterocycles. The van der Waals surface area contributed by atoms with Gasteiger partial charge in [-0.25, -0.2) is 0 Å². The molecule has 0 bridgehead atoms. The Morgan fingerprint density at radius 3 is 2.04 bits per heavy atom. The standard InChI is InChI=1S/C16H34N2O4S2/c1-16(2,24-23-4)6-5-15(19)18-8-10-21-12-14-22-13-11-20-9-7-17-3/h17H,5-14H2,1-4H3,(H,18,19). The van der Waals surface area contributed by atoms with Crippen molar-refractivity contribution in [2.24, 2.45) is 0 Å². The minimum atomic E-state index is 0.0864. The number of nitrogens with one attached hydrogen (secondary N) is 2. The molecule has 0 aliphatic carbocycles. The van der Waals surface area contributed by atoms with Gasteiger partial charge in [0.15, 0.2) is 0 Å². The van der Waals surface area contributed by atoms with Crippen LogP contribution < -0.4 is 10.6 Å². The summed E-state index contributed by atoms with van der Waals surface area (Å²) in [5.41, 5.74) is 0. The number of ether oxygens (including phenoxy) is 3. The van der Waals surface area contributed by atoms with Crippen molar-refractivity contribution in [3.05, 3.63) is 0 Å². The van der Waals surface area contributed by atoms with Crippen molar-refractivity contribution in [1.29, 1.82) is 0 Å². The second kappa shape index (κ2) is 16.5. The van der Waals surface area contributed by atoms with E-state index in [1.807, 2.05) is 17.8 Å². The Bertz CT molecular complexity index is 308. The summed E-state index contributed by atoms with van der Waals surface area (Å²) in [5.74, 6) is 0.0864. The normalized spacial score (nSPS) is 11.7. The number of amides is 1. The van der Waals surface area contributed by atoms with Crippen molar-refractivity contribution < 1.29 is 19.0 Å². The van der Waals surface area contributed by atoms with Gasteiger partial charge in [0.1, 0.15) is 0 Å². The van der Waals surface area contributed by atoms with Crippen LogP contribution in [0, 0.1) is 0 Å². The first-order valence-corrected chi connectivity index (χ1v) is 10.9. The molecule has 0 heterocycles. The lowest BCUT2D eigenvalue weighted by molar-refractivity contribution is -0.121. The summed E-state index contributed by atoms with van der Waals surface area (Å²) in [6, 6.07) is 0. The monoisotopic (exact) mass is 382 g/mol. The number of hydrogen-bond donors (Lipinski definition) is 2. The molecule has 0 aromatic heterocycles. The van der Waals surface area contributed by atoms with E-state index in [0.717, 1.165) is 13.0 Å². The van der Waals surface area contributed by atoms with Gasteiger partial charge in [-0.1, -0.05) is 21.6 Å². The Labute approximate surface area is 154 Å². The van der Waals surface area contributed by atoms with Gasteiger partial charge in [-0.2, -0.15) is 0 Å². The minimum Gasteiger partial charge on any atom is -0.378 e. The third-order valence-corrected chi connectivity index (χ3v) is 5.75. The maximum atomic E-state index is 11.8. The average molecular weight is 383 g/mol. The van der Waals surface area contributed by atoms with Crippen LogP contribution >= 0.6 is 21.6 Å². The third-order valence-electron chi connectivity index (χ3n) is 3.07. The lowest BCUT2D eigenvalue weighted by Crippen LogP contribution is -2.29. The average Bonchev–Trinajstić information content (AvgIpc) is 2.54. The summed E-state index contributed by atoms with van der Waals surface area (Å²) in [4.78, 5) is 11.8. The molecule has 0 saturated carbocycles. The van der Waals surface area contributed by atoms with Crippen LogP contribution in [0.1, 0.15) is 26.7 Å². The summed E-state index contributed by atoms with van der Waals surface area (Å²) in [6.45, 7) is 9.18. The Morgan fingerprint density at radius 2 is 1.50 bits per heavy atom. The molecule has 8 heteroatoms. The van der Waals surface area contributed by atoms with Gasteiger partial charge in [-0.3, -0.25) is 4.79 Å². The van der Waals surface area contributed by atoms with E-state index in [-0.39, 0.29) is 10.7 Å². The second-order valence-electron chi connectivity index (χ2n) is 5.80. The number of likely N-dealkylation sites (N-methyl/N-ethyl adjacent to an activating group) is 1. The topological polar surface area (TPSA) is 68.8 Å². The molecule has 0 aromatic carbocycles. The zero-order valence-corrected chi connectivity index (χ0v) is 17.2. The molecule has 0 fully saturated rings. The van der Waals surface area contributed by atoms with Crippen LogP contribution in [0.15, 0.2) is 0 Å². The Hall–Kier alpha value is 0.0100. The molecule has 0 atom stereocenters. The van der Waals surface area contributed by atoms with Crippen molar-refractivity contribution in [2.45, 2.75) is 31.4 Å². The first-order chi connectivity index (χ1) is 11.5. The predicted octanol–water partition coefficient (Wildman–Crippen LogP) is 1.94. The lowest BCUT2D eigenvalue weighted by Gasteiger charge is -2.21. The highest BCUT2D eigenvalue weighted by molar-refractivity contribution is 8.76. The van der Waals surface area contributed by atoms with Crippen molar-refractivity contribution >= 4 is 27.5 Å². The number of carbonyl (C=O) groups excluding carboxylic acids is 1. The van der Waals surface area contributed by atoms with E-state index >= 15 is 0 Å². The quantitative estimate of drug-likeness (QED) is 0.294. The molecule has 0 unspecified atom stereocenters. The lowest BCUT2D eigenvalue weighted by atomic mass is 10.1. The highest BCUT2D eigenvalue weighted by Crippen LogP contribution is 2.36. The maximum Gasteiger partial charge on any atom is 0.220 e. The smallest absolute Gasteiger partial charge is 0.220 e. The summed E-state index contributed by atoms with van der Waals surface area (Å²) in [5, 5.41) is 5.89. The van der Waals surface area contributed by atoms with Crippen LogP contribution in [0.2, 0.25) is 0 Å². The second-order valence-corrected chi connectivity index (χ2v) is 8.91. The van der Waals surface area contributed by atoms with Gasteiger partial charge in [-0.05, 0) is 33.6 Å². The van der Waals surface area contributed by atoms with Crippen LogP contribution in [0.25, 0.3) is 0 Å². The summed E-state index contributed by atoms with van der Waals surface area (Å²) < 4.78 is 16.2. The largest absolute Gasteiger partial charge is 0.378 e. The van der Waals surface area contributed by atoms with E-state index in [2.05, 4.69) is 30.7 Å². The molecular weight excluding hydrogens is 348 g/mol. The van der Waals surface area contributed by atoms with Crippen molar-refractivity contribution in [3.63, 3.8) is 0 Å². The molecule has 0 rings (SSSR count). The third kappa shape index (κ3) is 16.9. The van der Waals surface area contributed by atoms with Crippen LogP contribution in [-0.2, 0) is 19.0 Å². The van der Waals surface area contributed by atoms with Gasteiger partial charge in [0, 0.05) is 24.3 Å². The molecule has 0 saturated heterocycles. The van der Waals surface area contributed by atoms with Gasteiger partial charge < -0.3 is 24.8 Å². The molecule has 1 amide bonds. The summed E-state index contributed by atoms with van der Waals surface area (Å²) in [7, 11) is 5.44. The predicted molar refractivity (Wildman–Crippen MR) is 104 cm³/mol. The van der Waals surface area contributed by atoms with E-state index in [1.165, 1.54) is 0 Å². The first kappa shape index (κ1) is 24.0. The van der Waals surface area contributed by atoms with Crippen LogP contribution in [0.5, 0.6) is 0 Å². The van der Waals surface area contributed by atoms with Gasteiger partial charge in [0.05, 0.1) is 39.6 Å². The Kier molecular flexibility index (Phi) is 16.5. The molecule has 2 N–H and O–H groups in total. The van der Waals surface area contributed by atoms with E-state index in [4.69, 9.17) is 14.2 Å². The molecule has 0 spiro atoms. The number of carbonyl (C=O) groups is 1. The summed E-state index contributed by atoms with van der Waals surface area (Å²) in [6.07, 6.45) is 3.48. The van der Waals surface area contributed by atoms with Crippen molar-refractivity contribution in [1.82, 2.24) is 10.6 Å². The van der Waals surface area contributed by atoms with Crippen LogP contribution in [0.3, 0.4) is 0 Å². The van der Waals surface area contributed by atoms with E-state index < -0.39 is 0 Å². The molecule has 6 nitrogen and oxygen atoms in total.